The van der Waals surface area contributed by atoms with Gasteiger partial charge in [0.2, 0.25) is 5.91 Å². The molecular formula is C16H21N3O2. The van der Waals surface area contributed by atoms with Gasteiger partial charge in [0.1, 0.15) is 0 Å². The molecule has 5 heteroatoms. The molecule has 0 aromatic heterocycles. The molecule has 1 fully saturated rings. The van der Waals surface area contributed by atoms with E-state index in [0.29, 0.717) is 5.56 Å². The summed E-state index contributed by atoms with van der Waals surface area (Å²) in [6.45, 7) is 2.72. The highest BCUT2D eigenvalue weighted by Gasteiger charge is 2.19. The van der Waals surface area contributed by atoms with E-state index in [-0.39, 0.29) is 18.4 Å². The minimum atomic E-state index is -0.170. The number of nitrogens with one attached hydrogen (secondary N) is 2. The van der Waals surface area contributed by atoms with Crippen LogP contribution < -0.4 is 10.6 Å². The molecule has 0 aliphatic carbocycles. The van der Waals surface area contributed by atoms with Crippen molar-refractivity contribution >= 4 is 17.5 Å². The zero-order chi connectivity index (χ0) is 14.7. The van der Waals surface area contributed by atoms with Crippen LogP contribution in [-0.4, -0.2) is 42.9 Å². The van der Waals surface area contributed by atoms with Crippen molar-refractivity contribution in [2.24, 2.45) is 0 Å². The van der Waals surface area contributed by atoms with Gasteiger partial charge in [-0.25, -0.2) is 0 Å². The summed E-state index contributed by atoms with van der Waals surface area (Å²) in [5.74, 6) is -0.156. The molecule has 2 aliphatic rings. The van der Waals surface area contributed by atoms with E-state index in [1.807, 2.05) is 23.1 Å². The van der Waals surface area contributed by atoms with Gasteiger partial charge in [0, 0.05) is 30.9 Å². The molecule has 112 valence electrons. The molecule has 1 saturated heterocycles. The first-order chi connectivity index (χ1) is 10.2. The molecule has 1 aromatic rings. The third-order valence-corrected chi connectivity index (χ3v) is 4.16. The van der Waals surface area contributed by atoms with Gasteiger partial charge in [-0.15, -0.1) is 0 Å². The Labute approximate surface area is 124 Å². The van der Waals surface area contributed by atoms with Gasteiger partial charge >= 0.3 is 0 Å². The lowest BCUT2D eigenvalue weighted by atomic mass is 10.0. The van der Waals surface area contributed by atoms with Gasteiger partial charge in [0.25, 0.3) is 5.91 Å². The molecule has 2 N–H and O–H groups in total. The average molecular weight is 287 g/mol. The molecule has 0 unspecified atom stereocenters. The van der Waals surface area contributed by atoms with E-state index in [0.717, 1.165) is 51.0 Å². The number of rotatable bonds is 3. The maximum Gasteiger partial charge on any atom is 0.251 e. The molecule has 0 spiro atoms. The molecule has 1 aromatic carbocycles. The molecule has 0 saturated carbocycles. The van der Waals surface area contributed by atoms with Crippen molar-refractivity contribution in [3.63, 3.8) is 0 Å². The minimum Gasteiger partial charge on any atom is -0.385 e. The lowest BCUT2D eigenvalue weighted by Crippen LogP contribution is -2.38. The van der Waals surface area contributed by atoms with Gasteiger partial charge in [0.15, 0.2) is 0 Å². The van der Waals surface area contributed by atoms with Crippen LogP contribution in [0.1, 0.15) is 35.2 Å². The van der Waals surface area contributed by atoms with Crippen LogP contribution in [0.2, 0.25) is 0 Å². The number of likely N-dealkylation sites (tertiary alicyclic amines) is 1. The van der Waals surface area contributed by atoms with Crippen molar-refractivity contribution in [3.05, 3.63) is 29.3 Å². The SMILES string of the molecule is O=C(NCC(=O)N1CCCC1)c1ccc2c(c1)CCCN2. The van der Waals surface area contributed by atoms with Crippen LogP contribution in [0.15, 0.2) is 18.2 Å². The van der Waals surface area contributed by atoms with Gasteiger partial charge in [-0.05, 0) is 49.4 Å². The highest BCUT2D eigenvalue weighted by Crippen LogP contribution is 2.22. The van der Waals surface area contributed by atoms with Crippen molar-refractivity contribution in [1.82, 2.24) is 10.2 Å². The quantitative estimate of drug-likeness (QED) is 0.883. The second kappa shape index (κ2) is 6.16. The second-order valence-corrected chi connectivity index (χ2v) is 5.67. The third kappa shape index (κ3) is 3.17. The smallest absolute Gasteiger partial charge is 0.251 e. The molecule has 2 aliphatic heterocycles. The van der Waals surface area contributed by atoms with Crippen LogP contribution in [0.25, 0.3) is 0 Å². The first-order valence-electron chi connectivity index (χ1n) is 7.67. The topological polar surface area (TPSA) is 61.4 Å². The van der Waals surface area contributed by atoms with Crippen molar-refractivity contribution in [3.8, 4) is 0 Å². The maximum atomic E-state index is 12.1. The molecule has 3 rings (SSSR count). The number of hydrogen-bond acceptors (Lipinski definition) is 3. The molecule has 0 radical (unpaired) electrons. The van der Waals surface area contributed by atoms with E-state index < -0.39 is 0 Å². The summed E-state index contributed by atoms with van der Waals surface area (Å²) in [4.78, 5) is 25.9. The lowest BCUT2D eigenvalue weighted by Gasteiger charge is -2.19. The summed E-state index contributed by atoms with van der Waals surface area (Å²) >= 11 is 0. The Morgan fingerprint density at radius 1 is 1.19 bits per heavy atom. The molecule has 2 amide bonds. The van der Waals surface area contributed by atoms with Crippen molar-refractivity contribution in [2.75, 3.05) is 31.5 Å². The Kier molecular flexibility index (Phi) is 4.08. The highest BCUT2D eigenvalue weighted by atomic mass is 16.2. The number of fused-ring (bicyclic) bond motifs is 1. The maximum absolute atomic E-state index is 12.1. The molecule has 5 nitrogen and oxygen atoms in total. The van der Waals surface area contributed by atoms with E-state index in [4.69, 9.17) is 0 Å². The van der Waals surface area contributed by atoms with Crippen molar-refractivity contribution in [1.29, 1.82) is 0 Å². The molecule has 0 bridgehead atoms. The number of hydrogen-bond donors (Lipinski definition) is 2. The van der Waals surface area contributed by atoms with Crippen molar-refractivity contribution < 1.29 is 9.59 Å². The first-order valence-corrected chi connectivity index (χ1v) is 7.67. The summed E-state index contributed by atoms with van der Waals surface area (Å²) in [6, 6.07) is 5.69. The van der Waals surface area contributed by atoms with Crippen LogP contribution >= 0.6 is 0 Å². The highest BCUT2D eigenvalue weighted by molar-refractivity contribution is 5.97. The van der Waals surface area contributed by atoms with E-state index >= 15 is 0 Å². The van der Waals surface area contributed by atoms with Gasteiger partial charge < -0.3 is 15.5 Å². The Balaban J connectivity index is 1.58. The van der Waals surface area contributed by atoms with Crippen LogP contribution in [0, 0.1) is 0 Å². The zero-order valence-corrected chi connectivity index (χ0v) is 12.2. The van der Waals surface area contributed by atoms with E-state index in [9.17, 15) is 9.59 Å². The zero-order valence-electron chi connectivity index (χ0n) is 12.2. The fourth-order valence-electron chi connectivity index (χ4n) is 2.95. The second-order valence-electron chi connectivity index (χ2n) is 5.67. The van der Waals surface area contributed by atoms with Crippen LogP contribution in [-0.2, 0) is 11.2 Å². The number of nitrogens with zero attached hydrogens (tertiary/aromatic N) is 1. The van der Waals surface area contributed by atoms with Gasteiger partial charge in [-0.3, -0.25) is 9.59 Å². The summed E-state index contributed by atoms with van der Waals surface area (Å²) in [6.07, 6.45) is 4.22. The minimum absolute atomic E-state index is 0.0143. The number of carbonyl (C=O) groups excluding carboxylic acids is 2. The van der Waals surface area contributed by atoms with Crippen LogP contribution in [0.5, 0.6) is 0 Å². The van der Waals surface area contributed by atoms with Gasteiger partial charge in [-0.2, -0.15) is 0 Å². The Bertz CT molecular complexity index is 550. The third-order valence-electron chi connectivity index (χ3n) is 4.16. The Morgan fingerprint density at radius 3 is 2.81 bits per heavy atom. The Morgan fingerprint density at radius 2 is 2.00 bits per heavy atom. The standard InChI is InChI=1S/C16H21N3O2/c20-15(19-8-1-2-9-19)11-18-16(21)13-5-6-14-12(10-13)4-3-7-17-14/h5-6,10,17H,1-4,7-9,11H2,(H,18,21). The Hall–Kier alpha value is -2.04. The number of aryl methyl sites for hydroxylation is 1. The predicted molar refractivity (Wildman–Crippen MR) is 81.4 cm³/mol. The van der Waals surface area contributed by atoms with Crippen LogP contribution in [0.3, 0.4) is 0 Å². The van der Waals surface area contributed by atoms with E-state index in [1.54, 1.807) is 0 Å². The summed E-state index contributed by atoms with van der Waals surface area (Å²) < 4.78 is 0. The number of carbonyl (C=O) groups is 2. The van der Waals surface area contributed by atoms with Gasteiger partial charge in [0.05, 0.1) is 6.54 Å². The van der Waals surface area contributed by atoms with Crippen molar-refractivity contribution in [2.45, 2.75) is 25.7 Å². The van der Waals surface area contributed by atoms with E-state index in [1.165, 1.54) is 5.56 Å². The average Bonchev–Trinajstić information content (AvgIpc) is 3.06. The molecule has 2 heterocycles. The normalized spacial score (nSPS) is 17.0. The molecule has 0 atom stereocenters. The molecular weight excluding hydrogens is 266 g/mol. The summed E-state index contributed by atoms with van der Waals surface area (Å²) in [5.41, 5.74) is 2.93. The van der Waals surface area contributed by atoms with Crippen LogP contribution in [0.4, 0.5) is 5.69 Å². The van der Waals surface area contributed by atoms with E-state index in [2.05, 4.69) is 10.6 Å². The number of amides is 2. The monoisotopic (exact) mass is 287 g/mol. The lowest BCUT2D eigenvalue weighted by molar-refractivity contribution is -0.129. The largest absolute Gasteiger partial charge is 0.385 e. The fraction of sp³-hybridized carbons (Fsp3) is 0.500. The van der Waals surface area contributed by atoms with Gasteiger partial charge in [-0.1, -0.05) is 0 Å². The fourth-order valence-corrected chi connectivity index (χ4v) is 2.95. The first kappa shape index (κ1) is 13.9. The number of anilines is 1. The summed E-state index contributed by atoms with van der Waals surface area (Å²) in [5, 5.41) is 6.06. The predicted octanol–water partition coefficient (Wildman–Crippen LogP) is 1.40. The molecule has 21 heavy (non-hydrogen) atoms. The summed E-state index contributed by atoms with van der Waals surface area (Å²) in [7, 11) is 0. The number of benzene rings is 1.